The molecule has 0 unspecified atom stereocenters. The van der Waals surface area contributed by atoms with Crippen molar-refractivity contribution < 1.29 is 9.21 Å². The van der Waals surface area contributed by atoms with Gasteiger partial charge in [0.05, 0.1) is 11.1 Å². The van der Waals surface area contributed by atoms with Crippen molar-refractivity contribution in [2.24, 2.45) is 0 Å². The number of nitrogens with zero attached hydrogens (tertiary/aromatic N) is 2. The van der Waals surface area contributed by atoms with Crippen LogP contribution in [-0.4, -0.2) is 28.9 Å². The lowest BCUT2D eigenvalue weighted by atomic mass is 10.0. The summed E-state index contributed by atoms with van der Waals surface area (Å²) in [5.41, 5.74) is 2.25. The second-order valence-electron chi connectivity index (χ2n) is 7.69. The van der Waals surface area contributed by atoms with Gasteiger partial charge in [0.15, 0.2) is 5.76 Å². The third-order valence-electron chi connectivity index (χ3n) is 5.29. The lowest BCUT2D eigenvalue weighted by Gasteiger charge is -2.24. The fourth-order valence-corrected chi connectivity index (χ4v) is 3.64. The van der Waals surface area contributed by atoms with Gasteiger partial charge in [-0.05, 0) is 44.0 Å². The monoisotopic (exact) mass is 392 g/mol. The standard InChI is InChI=1S/C25H32N2O2/c1-4-6-10-16-27(17-11-7-5-2)25(28)21-18-23(24-15-14-19(3)29-24)26-22-13-9-8-12-20(21)22/h8-9,12-15,18H,4-7,10-11,16-17H2,1-3H3. The van der Waals surface area contributed by atoms with Crippen LogP contribution in [0.3, 0.4) is 0 Å². The van der Waals surface area contributed by atoms with E-state index in [2.05, 4.69) is 13.8 Å². The number of fused-ring (bicyclic) bond motifs is 1. The van der Waals surface area contributed by atoms with Crippen molar-refractivity contribution in [1.82, 2.24) is 9.88 Å². The van der Waals surface area contributed by atoms with Crippen molar-refractivity contribution in [3.8, 4) is 11.5 Å². The van der Waals surface area contributed by atoms with E-state index in [9.17, 15) is 4.79 Å². The smallest absolute Gasteiger partial charge is 0.254 e. The Morgan fingerprint density at radius 3 is 2.28 bits per heavy atom. The normalized spacial score (nSPS) is 11.1. The van der Waals surface area contributed by atoms with Crippen LogP contribution >= 0.6 is 0 Å². The molecule has 0 aliphatic heterocycles. The number of hydrogen-bond donors (Lipinski definition) is 0. The minimum absolute atomic E-state index is 0.0975. The summed E-state index contributed by atoms with van der Waals surface area (Å²) in [5.74, 6) is 1.63. The molecule has 0 bridgehead atoms. The minimum atomic E-state index is 0.0975. The fraction of sp³-hybridized carbons (Fsp3) is 0.440. The highest BCUT2D eigenvalue weighted by atomic mass is 16.3. The second kappa shape index (κ2) is 10.2. The van der Waals surface area contributed by atoms with E-state index in [1.54, 1.807) is 0 Å². The van der Waals surface area contributed by atoms with E-state index in [1.807, 2.05) is 54.3 Å². The van der Waals surface area contributed by atoms with Gasteiger partial charge in [-0.15, -0.1) is 0 Å². The average molecular weight is 393 g/mol. The van der Waals surface area contributed by atoms with E-state index < -0.39 is 0 Å². The number of aryl methyl sites for hydroxylation is 1. The molecule has 29 heavy (non-hydrogen) atoms. The maximum absolute atomic E-state index is 13.6. The number of amides is 1. The van der Waals surface area contributed by atoms with E-state index in [-0.39, 0.29) is 5.91 Å². The molecule has 0 spiro atoms. The zero-order valence-corrected chi connectivity index (χ0v) is 17.9. The zero-order chi connectivity index (χ0) is 20.6. The molecule has 0 N–H and O–H groups in total. The van der Waals surface area contributed by atoms with E-state index in [0.717, 1.165) is 68.3 Å². The second-order valence-corrected chi connectivity index (χ2v) is 7.69. The SMILES string of the molecule is CCCCCN(CCCCC)C(=O)c1cc(-c2ccc(C)o2)nc2ccccc12. The molecule has 0 atom stereocenters. The van der Waals surface area contributed by atoms with Crippen LogP contribution in [0.1, 0.15) is 68.5 Å². The van der Waals surface area contributed by atoms with Crippen molar-refractivity contribution in [2.45, 2.75) is 59.3 Å². The summed E-state index contributed by atoms with van der Waals surface area (Å²) in [6, 6.07) is 13.6. The van der Waals surface area contributed by atoms with Crippen molar-refractivity contribution in [1.29, 1.82) is 0 Å². The van der Waals surface area contributed by atoms with Crippen molar-refractivity contribution in [3.63, 3.8) is 0 Å². The number of carbonyl (C=O) groups is 1. The summed E-state index contributed by atoms with van der Waals surface area (Å²) in [6.45, 7) is 7.92. The highest BCUT2D eigenvalue weighted by Gasteiger charge is 2.20. The van der Waals surface area contributed by atoms with E-state index in [1.165, 1.54) is 0 Å². The molecule has 4 heteroatoms. The molecule has 0 saturated carbocycles. The Bertz CT molecular complexity index is 935. The molecule has 1 aromatic carbocycles. The molecule has 0 aliphatic rings. The number of para-hydroxylation sites is 1. The van der Waals surface area contributed by atoms with Gasteiger partial charge in [0.25, 0.3) is 5.91 Å². The first kappa shape index (κ1) is 21.1. The van der Waals surface area contributed by atoms with Crippen LogP contribution < -0.4 is 0 Å². The van der Waals surface area contributed by atoms with Gasteiger partial charge in [0.2, 0.25) is 0 Å². The summed E-state index contributed by atoms with van der Waals surface area (Å²) in [6.07, 6.45) is 6.68. The van der Waals surface area contributed by atoms with Crippen LogP contribution in [-0.2, 0) is 0 Å². The van der Waals surface area contributed by atoms with Crippen molar-refractivity contribution >= 4 is 16.8 Å². The van der Waals surface area contributed by atoms with Gasteiger partial charge in [-0.1, -0.05) is 57.7 Å². The molecule has 1 amide bonds. The quantitative estimate of drug-likeness (QED) is 0.364. The molecule has 4 nitrogen and oxygen atoms in total. The molecular weight excluding hydrogens is 360 g/mol. The fourth-order valence-electron chi connectivity index (χ4n) is 3.64. The van der Waals surface area contributed by atoms with Crippen LogP contribution in [0, 0.1) is 6.92 Å². The van der Waals surface area contributed by atoms with Crippen LogP contribution in [0.15, 0.2) is 46.9 Å². The van der Waals surface area contributed by atoms with Crippen LogP contribution in [0.5, 0.6) is 0 Å². The van der Waals surface area contributed by atoms with Gasteiger partial charge in [-0.25, -0.2) is 4.98 Å². The maximum atomic E-state index is 13.6. The van der Waals surface area contributed by atoms with Crippen molar-refractivity contribution in [2.75, 3.05) is 13.1 Å². The lowest BCUT2D eigenvalue weighted by molar-refractivity contribution is 0.0751. The molecule has 3 aromatic rings. The number of carbonyl (C=O) groups excluding carboxylic acids is 1. The zero-order valence-electron chi connectivity index (χ0n) is 17.9. The highest BCUT2D eigenvalue weighted by molar-refractivity contribution is 6.07. The van der Waals surface area contributed by atoms with Gasteiger partial charge < -0.3 is 9.32 Å². The van der Waals surface area contributed by atoms with E-state index in [4.69, 9.17) is 9.40 Å². The topological polar surface area (TPSA) is 46.3 Å². The van der Waals surface area contributed by atoms with E-state index in [0.29, 0.717) is 17.0 Å². The third-order valence-corrected chi connectivity index (χ3v) is 5.29. The average Bonchev–Trinajstić information content (AvgIpc) is 3.18. The summed E-state index contributed by atoms with van der Waals surface area (Å²) in [5, 5.41) is 0.903. The van der Waals surface area contributed by atoms with Crippen LogP contribution in [0.25, 0.3) is 22.4 Å². The number of hydrogen-bond acceptors (Lipinski definition) is 3. The molecule has 0 aliphatic carbocycles. The molecule has 0 radical (unpaired) electrons. The predicted octanol–water partition coefficient (Wildman–Crippen LogP) is 6.63. The molecule has 0 fully saturated rings. The molecule has 0 saturated heterocycles. The van der Waals surface area contributed by atoms with Crippen molar-refractivity contribution in [3.05, 3.63) is 53.8 Å². The maximum Gasteiger partial charge on any atom is 0.254 e. The first-order valence-corrected chi connectivity index (χ1v) is 10.9. The molecule has 2 heterocycles. The number of furan rings is 1. The van der Waals surface area contributed by atoms with Gasteiger partial charge in [0.1, 0.15) is 11.5 Å². The van der Waals surface area contributed by atoms with Gasteiger partial charge in [-0.2, -0.15) is 0 Å². The van der Waals surface area contributed by atoms with Crippen LogP contribution in [0.2, 0.25) is 0 Å². The number of benzene rings is 1. The molecule has 154 valence electrons. The Labute approximate surface area is 173 Å². The predicted molar refractivity (Wildman–Crippen MR) is 119 cm³/mol. The van der Waals surface area contributed by atoms with E-state index >= 15 is 0 Å². The Balaban J connectivity index is 1.98. The number of aromatic nitrogens is 1. The summed E-state index contributed by atoms with van der Waals surface area (Å²) in [7, 11) is 0. The highest BCUT2D eigenvalue weighted by Crippen LogP contribution is 2.27. The molecule has 2 aromatic heterocycles. The number of pyridine rings is 1. The Morgan fingerprint density at radius 1 is 0.966 bits per heavy atom. The third kappa shape index (κ3) is 5.26. The summed E-state index contributed by atoms with van der Waals surface area (Å²) in [4.78, 5) is 20.4. The Kier molecular flexibility index (Phi) is 7.45. The number of unbranched alkanes of at least 4 members (excludes halogenated alkanes) is 4. The lowest BCUT2D eigenvalue weighted by Crippen LogP contribution is -2.33. The largest absolute Gasteiger partial charge is 0.460 e. The minimum Gasteiger partial charge on any atom is -0.460 e. The Hall–Kier alpha value is -2.62. The van der Waals surface area contributed by atoms with Crippen LogP contribution in [0.4, 0.5) is 0 Å². The van der Waals surface area contributed by atoms with Gasteiger partial charge in [0, 0.05) is 18.5 Å². The summed E-state index contributed by atoms with van der Waals surface area (Å²) < 4.78 is 5.79. The molecule has 3 rings (SSSR count). The number of rotatable bonds is 10. The first-order chi connectivity index (χ1) is 14.1. The Morgan fingerprint density at radius 2 is 1.66 bits per heavy atom. The van der Waals surface area contributed by atoms with Gasteiger partial charge >= 0.3 is 0 Å². The molecular formula is C25H32N2O2. The van der Waals surface area contributed by atoms with Gasteiger partial charge in [-0.3, -0.25) is 4.79 Å². The first-order valence-electron chi connectivity index (χ1n) is 10.9. The summed E-state index contributed by atoms with van der Waals surface area (Å²) >= 11 is 0.